The number of nitrogens with zero attached hydrogens (tertiary/aromatic N) is 1. The molecule has 2 aliphatic rings. The molecule has 1 saturated carbocycles. The zero-order valence-corrected chi connectivity index (χ0v) is 20.4. The van der Waals surface area contributed by atoms with Gasteiger partial charge in [0.25, 0.3) is 5.91 Å². The molecule has 0 unspecified atom stereocenters. The van der Waals surface area contributed by atoms with Gasteiger partial charge >= 0.3 is 0 Å². The maximum Gasteiger partial charge on any atom is 0.251 e. The smallest absolute Gasteiger partial charge is 0.251 e. The van der Waals surface area contributed by atoms with Gasteiger partial charge in [0.15, 0.2) is 0 Å². The van der Waals surface area contributed by atoms with Crippen molar-refractivity contribution in [2.45, 2.75) is 96.6 Å². The first-order chi connectivity index (χ1) is 16.0. The molecule has 3 rings (SSSR count). The zero-order chi connectivity index (χ0) is 23.6. The van der Waals surface area contributed by atoms with Gasteiger partial charge in [-0.25, -0.2) is 0 Å². The Morgan fingerprint density at radius 3 is 2.39 bits per heavy atom. The third-order valence-electron chi connectivity index (χ3n) is 7.19. The third kappa shape index (κ3) is 7.31. The monoisotopic (exact) mass is 455 g/mol. The normalized spacial score (nSPS) is 23.1. The second kappa shape index (κ2) is 12.8. The van der Waals surface area contributed by atoms with E-state index in [1.165, 1.54) is 6.42 Å². The summed E-state index contributed by atoms with van der Waals surface area (Å²) in [5.74, 6) is -0.0186. The lowest BCUT2D eigenvalue weighted by Crippen LogP contribution is -2.55. The summed E-state index contributed by atoms with van der Waals surface area (Å²) in [4.78, 5) is 40.5. The molecule has 33 heavy (non-hydrogen) atoms. The number of carbonyl (C=O) groups is 3. The van der Waals surface area contributed by atoms with E-state index in [4.69, 9.17) is 0 Å². The minimum Gasteiger partial charge on any atom is -0.351 e. The molecule has 0 spiro atoms. The lowest BCUT2D eigenvalue weighted by molar-refractivity contribution is -0.136. The van der Waals surface area contributed by atoms with E-state index in [0.29, 0.717) is 18.5 Å². The van der Waals surface area contributed by atoms with Gasteiger partial charge in [0.05, 0.1) is 5.92 Å². The highest BCUT2D eigenvalue weighted by Crippen LogP contribution is 2.23. The predicted molar refractivity (Wildman–Crippen MR) is 131 cm³/mol. The van der Waals surface area contributed by atoms with Gasteiger partial charge in [-0.3, -0.25) is 14.4 Å². The van der Waals surface area contributed by atoms with Crippen LogP contribution in [-0.4, -0.2) is 47.8 Å². The summed E-state index contributed by atoms with van der Waals surface area (Å²) in [5.41, 5.74) is 1.64. The highest BCUT2D eigenvalue weighted by molar-refractivity contribution is 5.95. The van der Waals surface area contributed by atoms with Crippen molar-refractivity contribution in [3.63, 3.8) is 0 Å². The Hall–Kier alpha value is -2.37. The van der Waals surface area contributed by atoms with Gasteiger partial charge in [-0.15, -0.1) is 0 Å². The van der Waals surface area contributed by atoms with Crippen molar-refractivity contribution < 1.29 is 14.4 Å². The molecule has 3 amide bonds. The van der Waals surface area contributed by atoms with Crippen molar-refractivity contribution in [2.24, 2.45) is 5.92 Å². The molecule has 6 heteroatoms. The molecule has 1 aliphatic heterocycles. The van der Waals surface area contributed by atoms with E-state index in [-0.39, 0.29) is 35.7 Å². The van der Waals surface area contributed by atoms with Gasteiger partial charge < -0.3 is 15.5 Å². The molecule has 2 N–H and O–H groups in total. The zero-order valence-electron chi connectivity index (χ0n) is 20.4. The minimum absolute atomic E-state index is 0.0283. The molecule has 3 atom stereocenters. The molecular formula is C27H41N3O3. The Morgan fingerprint density at radius 2 is 1.67 bits per heavy atom. The molecule has 182 valence electrons. The number of piperidine rings is 1. The van der Waals surface area contributed by atoms with Gasteiger partial charge in [-0.05, 0) is 50.7 Å². The Bertz CT molecular complexity index is 810. The summed E-state index contributed by atoms with van der Waals surface area (Å²) in [6.07, 6.45) is 10.5. The van der Waals surface area contributed by atoms with Crippen LogP contribution in [0.25, 0.3) is 0 Å². The van der Waals surface area contributed by atoms with Crippen LogP contribution in [0.15, 0.2) is 24.3 Å². The number of likely N-dealkylation sites (tertiary alicyclic amines) is 1. The topological polar surface area (TPSA) is 78.5 Å². The quantitative estimate of drug-likeness (QED) is 0.543. The van der Waals surface area contributed by atoms with E-state index >= 15 is 0 Å². The minimum atomic E-state index is -0.159. The van der Waals surface area contributed by atoms with Crippen LogP contribution in [-0.2, 0) is 9.59 Å². The van der Waals surface area contributed by atoms with Crippen molar-refractivity contribution in [3.8, 4) is 0 Å². The number of amides is 3. The fourth-order valence-corrected chi connectivity index (χ4v) is 5.13. The van der Waals surface area contributed by atoms with E-state index in [9.17, 15) is 14.4 Å². The summed E-state index contributed by atoms with van der Waals surface area (Å²) in [6.45, 7) is 5.38. The SMILES string of the molecule is CCCCCCC(=O)N1CCC[C@@H](C(=O)N[C@@H]2CCCC[C@H]2NC(=O)c2ccccc2C)C1. The second-order valence-electron chi connectivity index (χ2n) is 9.78. The molecule has 0 radical (unpaired) electrons. The molecule has 1 saturated heterocycles. The standard InChI is InChI=1S/C27H41N3O3/c1-3-4-5-6-17-25(31)30-18-11-13-21(19-30)26(32)28-23-15-9-10-16-24(23)29-27(33)22-14-8-7-12-20(22)2/h7-8,12,14,21,23-24H,3-6,9-11,13,15-19H2,1-2H3,(H,28,32)(H,29,33)/t21-,23-,24-/m1/s1. The van der Waals surface area contributed by atoms with Crippen LogP contribution in [0.4, 0.5) is 0 Å². The van der Waals surface area contributed by atoms with Crippen molar-refractivity contribution in [3.05, 3.63) is 35.4 Å². The van der Waals surface area contributed by atoms with Gasteiger partial charge in [-0.1, -0.05) is 57.2 Å². The Balaban J connectivity index is 1.53. The maximum absolute atomic E-state index is 13.1. The molecule has 2 fully saturated rings. The summed E-state index contributed by atoms with van der Waals surface area (Å²) in [6, 6.07) is 7.47. The predicted octanol–water partition coefficient (Wildman–Crippen LogP) is 4.36. The third-order valence-corrected chi connectivity index (χ3v) is 7.19. The molecule has 1 aromatic carbocycles. The fraction of sp³-hybridized carbons (Fsp3) is 0.667. The van der Waals surface area contributed by atoms with Gasteiger partial charge in [0, 0.05) is 37.2 Å². The maximum atomic E-state index is 13.1. The fourth-order valence-electron chi connectivity index (χ4n) is 5.13. The highest BCUT2D eigenvalue weighted by atomic mass is 16.2. The van der Waals surface area contributed by atoms with Crippen molar-refractivity contribution >= 4 is 17.7 Å². The number of hydrogen-bond donors (Lipinski definition) is 2. The van der Waals surface area contributed by atoms with E-state index in [1.54, 1.807) is 0 Å². The van der Waals surface area contributed by atoms with E-state index < -0.39 is 0 Å². The molecule has 0 bridgehead atoms. The Morgan fingerprint density at radius 1 is 0.939 bits per heavy atom. The van der Waals surface area contributed by atoms with E-state index in [0.717, 1.165) is 69.9 Å². The van der Waals surface area contributed by atoms with Gasteiger partial charge in [0.1, 0.15) is 0 Å². The van der Waals surface area contributed by atoms with Crippen molar-refractivity contribution in [1.82, 2.24) is 15.5 Å². The Labute approximate surface area is 198 Å². The van der Waals surface area contributed by atoms with Crippen LogP contribution in [0.3, 0.4) is 0 Å². The van der Waals surface area contributed by atoms with E-state index in [2.05, 4.69) is 17.6 Å². The largest absolute Gasteiger partial charge is 0.351 e. The van der Waals surface area contributed by atoms with Crippen LogP contribution in [0, 0.1) is 12.8 Å². The van der Waals surface area contributed by atoms with E-state index in [1.807, 2.05) is 36.1 Å². The van der Waals surface area contributed by atoms with Gasteiger partial charge in [-0.2, -0.15) is 0 Å². The van der Waals surface area contributed by atoms with Crippen LogP contribution in [0.1, 0.15) is 93.5 Å². The first-order valence-corrected chi connectivity index (χ1v) is 12.9. The lowest BCUT2D eigenvalue weighted by Gasteiger charge is -2.36. The molecule has 1 aromatic rings. The molecule has 1 aliphatic carbocycles. The average molecular weight is 456 g/mol. The summed E-state index contributed by atoms with van der Waals surface area (Å²) in [7, 11) is 0. The lowest BCUT2D eigenvalue weighted by atomic mass is 9.88. The van der Waals surface area contributed by atoms with Gasteiger partial charge in [0.2, 0.25) is 11.8 Å². The van der Waals surface area contributed by atoms with Crippen LogP contribution in [0.2, 0.25) is 0 Å². The molecule has 6 nitrogen and oxygen atoms in total. The first kappa shape index (κ1) is 25.3. The summed E-state index contributed by atoms with van der Waals surface area (Å²) < 4.78 is 0. The number of unbranched alkanes of at least 4 members (excludes halogenated alkanes) is 3. The summed E-state index contributed by atoms with van der Waals surface area (Å²) in [5, 5.41) is 6.41. The molecular weight excluding hydrogens is 414 g/mol. The Kier molecular flexibility index (Phi) is 9.76. The number of nitrogens with one attached hydrogen (secondary N) is 2. The number of hydrogen-bond acceptors (Lipinski definition) is 3. The molecule has 0 aromatic heterocycles. The second-order valence-corrected chi connectivity index (χ2v) is 9.78. The number of benzene rings is 1. The van der Waals surface area contributed by atoms with Crippen molar-refractivity contribution in [2.75, 3.05) is 13.1 Å². The molecule has 1 heterocycles. The summed E-state index contributed by atoms with van der Waals surface area (Å²) >= 11 is 0. The van der Waals surface area contributed by atoms with Crippen LogP contribution < -0.4 is 10.6 Å². The number of carbonyl (C=O) groups excluding carboxylic acids is 3. The van der Waals surface area contributed by atoms with Crippen LogP contribution in [0.5, 0.6) is 0 Å². The first-order valence-electron chi connectivity index (χ1n) is 12.9. The van der Waals surface area contributed by atoms with Crippen molar-refractivity contribution in [1.29, 1.82) is 0 Å². The van der Waals surface area contributed by atoms with Crippen LogP contribution >= 0.6 is 0 Å². The number of aryl methyl sites for hydroxylation is 1. The highest BCUT2D eigenvalue weighted by Gasteiger charge is 2.33. The average Bonchev–Trinajstić information content (AvgIpc) is 2.83. The number of rotatable bonds is 9.